The summed E-state index contributed by atoms with van der Waals surface area (Å²) in [6.45, 7) is 3.19. The lowest BCUT2D eigenvalue weighted by Crippen LogP contribution is -2.26. The molecule has 0 aliphatic rings. The average Bonchev–Trinajstić information content (AvgIpc) is 2.11. The molecule has 0 saturated heterocycles. The molecule has 0 aromatic heterocycles. The van der Waals surface area contributed by atoms with E-state index in [9.17, 15) is 9.18 Å². The molecular formula is C10H12FNO2. The molecule has 2 N–H and O–H groups in total. The average molecular weight is 197 g/mol. The van der Waals surface area contributed by atoms with E-state index in [4.69, 9.17) is 5.11 Å². The van der Waals surface area contributed by atoms with Crippen LogP contribution in [0.1, 0.15) is 12.5 Å². The van der Waals surface area contributed by atoms with E-state index >= 15 is 0 Å². The van der Waals surface area contributed by atoms with Crippen LogP contribution in [-0.2, 0) is 4.79 Å². The fraction of sp³-hybridized carbons (Fsp3) is 0.300. The molecule has 0 bridgehead atoms. The van der Waals surface area contributed by atoms with Crippen LogP contribution in [0.5, 0.6) is 0 Å². The number of carboxylic acids is 1. The van der Waals surface area contributed by atoms with E-state index in [1.54, 1.807) is 19.1 Å². The van der Waals surface area contributed by atoms with Gasteiger partial charge in [0.2, 0.25) is 0 Å². The van der Waals surface area contributed by atoms with Crippen LogP contribution in [0.15, 0.2) is 18.2 Å². The number of para-hydroxylation sites is 1. The van der Waals surface area contributed by atoms with Crippen LogP contribution in [-0.4, -0.2) is 17.1 Å². The number of carbonyl (C=O) groups is 1. The summed E-state index contributed by atoms with van der Waals surface area (Å²) in [4.78, 5) is 10.5. The Morgan fingerprint density at radius 1 is 1.57 bits per heavy atom. The van der Waals surface area contributed by atoms with E-state index in [2.05, 4.69) is 5.32 Å². The first-order chi connectivity index (χ1) is 6.52. The number of hydrogen-bond donors (Lipinski definition) is 2. The van der Waals surface area contributed by atoms with Gasteiger partial charge in [-0.2, -0.15) is 0 Å². The molecule has 76 valence electrons. The molecule has 0 aliphatic carbocycles. The molecule has 0 heterocycles. The van der Waals surface area contributed by atoms with Crippen molar-refractivity contribution < 1.29 is 14.3 Å². The highest BCUT2D eigenvalue weighted by atomic mass is 19.1. The molecule has 1 atom stereocenters. The number of aryl methyl sites for hydroxylation is 1. The summed E-state index contributed by atoms with van der Waals surface area (Å²) < 4.78 is 13.2. The van der Waals surface area contributed by atoms with Gasteiger partial charge in [0.1, 0.15) is 11.9 Å². The second kappa shape index (κ2) is 4.09. The molecule has 0 radical (unpaired) electrons. The van der Waals surface area contributed by atoms with Gasteiger partial charge in [-0.25, -0.2) is 4.39 Å². The van der Waals surface area contributed by atoms with Crippen molar-refractivity contribution in [1.82, 2.24) is 0 Å². The first-order valence-corrected chi connectivity index (χ1v) is 4.27. The van der Waals surface area contributed by atoms with Gasteiger partial charge in [0.25, 0.3) is 0 Å². The normalized spacial score (nSPS) is 12.2. The highest BCUT2D eigenvalue weighted by Crippen LogP contribution is 2.19. The van der Waals surface area contributed by atoms with E-state index in [-0.39, 0.29) is 5.69 Å². The Hall–Kier alpha value is -1.58. The highest BCUT2D eigenvalue weighted by Gasteiger charge is 2.13. The fourth-order valence-electron chi connectivity index (χ4n) is 1.09. The van der Waals surface area contributed by atoms with E-state index in [0.29, 0.717) is 5.56 Å². The number of nitrogens with one attached hydrogen (secondary N) is 1. The van der Waals surface area contributed by atoms with Crippen LogP contribution >= 0.6 is 0 Å². The molecule has 3 nitrogen and oxygen atoms in total. The number of aliphatic carboxylic acids is 1. The monoisotopic (exact) mass is 197 g/mol. The van der Waals surface area contributed by atoms with Gasteiger partial charge in [-0.15, -0.1) is 0 Å². The van der Waals surface area contributed by atoms with Gasteiger partial charge in [0, 0.05) is 0 Å². The fourth-order valence-corrected chi connectivity index (χ4v) is 1.09. The van der Waals surface area contributed by atoms with Crippen molar-refractivity contribution in [2.24, 2.45) is 0 Å². The third-order valence-electron chi connectivity index (χ3n) is 1.95. The minimum Gasteiger partial charge on any atom is -0.480 e. The zero-order chi connectivity index (χ0) is 10.7. The van der Waals surface area contributed by atoms with Gasteiger partial charge in [-0.05, 0) is 25.5 Å². The second-order valence-electron chi connectivity index (χ2n) is 3.14. The lowest BCUT2D eigenvalue weighted by Gasteiger charge is -2.13. The van der Waals surface area contributed by atoms with Crippen molar-refractivity contribution in [2.75, 3.05) is 5.32 Å². The van der Waals surface area contributed by atoms with Gasteiger partial charge < -0.3 is 10.4 Å². The van der Waals surface area contributed by atoms with Crippen LogP contribution in [0, 0.1) is 12.7 Å². The van der Waals surface area contributed by atoms with E-state index < -0.39 is 17.8 Å². The molecule has 0 saturated carbocycles. The van der Waals surface area contributed by atoms with Crippen molar-refractivity contribution >= 4 is 11.7 Å². The molecule has 0 aliphatic heterocycles. The van der Waals surface area contributed by atoms with Gasteiger partial charge >= 0.3 is 5.97 Å². The van der Waals surface area contributed by atoms with Gasteiger partial charge in [0.05, 0.1) is 5.69 Å². The second-order valence-corrected chi connectivity index (χ2v) is 3.14. The summed E-state index contributed by atoms with van der Waals surface area (Å²) in [7, 11) is 0. The molecular weight excluding hydrogens is 185 g/mol. The first kappa shape index (κ1) is 10.5. The minimum absolute atomic E-state index is 0.252. The molecule has 1 unspecified atom stereocenters. The van der Waals surface area contributed by atoms with Crippen LogP contribution in [0.2, 0.25) is 0 Å². The predicted octanol–water partition coefficient (Wildman–Crippen LogP) is 2.02. The Balaban J connectivity index is 2.91. The van der Waals surface area contributed by atoms with Crippen molar-refractivity contribution in [1.29, 1.82) is 0 Å². The highest BCUT2D eigenvalue weighted by molar-refractivity contribution is 5.77. The summed E-state index contributed by atoms with van der Waals surface area (Å²) in [5.74, 6) is -1.44. The van der Waals surface area contributed by atoms with Gasteiger partial charge in [-0.3, -0.25) is 4.79 Å². The summed E-state index contributed by atoms with van der Waals surface area (Å²) in [6.07, 6.45) is 0. The molecule has 14 heavy (non-hydrogen) atoms. The van der Waals surface area contributed by atoms with E-state index in [0.717, 1.165) is 0 Å². The third-order valence-corrected chi connectivity index (χ3v) is 1.95. The number of halogens is 1. The third kappa shape index (κ3) is 2.22. The summed E-state index contributed by atoms with van der Waals surface area (Å²) >= 11 is 0. The quantitative estimate of drug-likeness (QED) is 0.779. The van der Waals surface area contributed by atoms with E-state index in [1.807, 2.05) is 0 Å². The topological polar surface area (TPSA) is 49.3 Å². The minimum atomic E-state index is -1.01. The SMILES string of the molecule is Cc1cccc(F)c1NC(C)C(=O)O. The van der Waals surface area contributed by atoms with Crippen LogP contribution < -0.4 is 5.32 Å². The lowest BCUT2D eigenvalue weighted by atomic mass is 10.1. The maximum atomic E-state index is 13.2. The maximum Gasteiger partial charge on any atom is 0.325 e. The number of hydrogen-bond acceptors (Lipinski definition) is 2. The van der Waals surface area contributed by atoms with Crippen molar-refractivity contribution in [3.05, 3.63) is 29.6 Å². The first-order valence-electron chi connectivity index (χ1n) is 4.27. The van der Waals surface area contributed by atoms with Crippen LogP contribution in [0.3, 0.4) is 0 Å². The molecule has 0 fully saturated rings. The summed E-state index contributed by atoms with van der Waals surface area (Å²) in [6, 6.07) is 3.80. The molecule has 1 aromatic rings. The van der Waals surface area contributed by atoms with Crippen LogP contribution in [0.25, 0.3) is 0 Å². The number of benzene rings is 1. The van der Waals surface area contributed by atoms with Crippen LogP contribution in [0.4, 0.5) is 10.1 Å². The molecule has 0 amide bonds. The van der Waals surface area contributed by atoms with Crippen molar-refractivity contribution in [3.8, 4) is 0 Å². The summed E-state index contributed by atoms with van der Waals surface area (Å²) in [5, 5.41) is 11.2. The van der Waals surface area contributed by atoms with Crippen molar-refractivity contribution in [3.63, 3.8) is 0 Å². The number of anilines is 1. The van der Waals surface area contributed by atoms with E-state index in [1.165, 1.54) is 13.0 Å². The van der Waals surface area contributed by atoms with Gasteiger partial charge in [-0.1, -0.05) is 12.1 Å². The standard InChI is InChI=1S/C10H12FNO2/c1-6-4-3-5-8(11)9(6)12-7(2)10(13)14/h3-5,7,12H,1-2H3,(H,13,14). The predicted molar refractivity (Wildman–Crippen MR) is 51.9 cm³/mol. The number of rotatable bonds is 3. The smallest absolute Gasteiger partial charge is 0.325 e. The Labute approximate surface area is 81.6 Å². The zero-order valence-corrected chi connectivity index (χ0v) is 8.04. The molecule has 4 heteroatoms. The van der Waals surface area contributed by atoms with Crippen molar-refractivity contribution in [2.45, 2.75) is 19.9 Å². The Kier molecular flexibility index (Phi) is 3.06. The Bertz CT molecular complexity index is 332. The molecule has 1 rings (SSSR count). The Morgan fingerprint density at radius 3 is 2.71 bits per heavy atom. The Morgan fingerprint density at radius 2 is 2.21 bits per heavy atom. The number of carboxylic acid groups (broad SMARTS) is 1. The van der Waals surface area contributed by atoms with Gasteiger partial charge in [0.15, 0.2) is 0 Å². The lowest BCUT2D eigenvalue weighted by molar-refractivity contribution is -0.137. The zero-order valence-electron chi connectivity index (χ0n) is 8.04. The molecule has 0 spiro atoms. The largest absolute Gasteiger partial charge is 0.480 e. The molecule has 1 aromatic carbocycles. The maximum absolute atomic E-state index is 13.2. The summed E-state index contributed by atoms with van der Waals surface area (Å²) in [5.41, 5.74) is 0.945.